The Morgan fingerprint density at radius 1 is 1.11 bits per heavy atom. The predicted molar refractivity (Wildman–Crippen MR) is 109 cm³/mol. The van der Waals surface area contributed by atoms with E-state index in [-0.39, 0.29) is 24.4 Å². The predicted octanol–water partition coefficient (Wildman–Crippen LogP) is 3.36. The molecule has 6 heteroatoms. The van der Waals surface area contributed by atoms with Gasteiger partial charge in [-0.3, -0.25) is 9.59 Å². The fourth-order valence-electron chi connectivity index (χ4n) is 3.19. The van der Waals surface area contributed by atoms with Crippen molar-refractivity contribution in [1.82, 2.24) is 14.9 Å². The van der Waals surface area contributed by atoms with Gasteiger partial charge in [0.05, 0.1) is 30.5 Å². The van der Waals surface area contributed by atoms with Gasteiger partial charge in [0.2, 0.25) is 5.91 Å². The number of aromatic amines is 1. The first-order chi connectivity index (χ1) is 13.5. The van der Waals surface area contributed by atoms with E-state index < -0.39 is 0 Å². The lowest BCUT2D eigenvalue weighted by Crippen LogP contribution is -2.32. The van der Waals surface area contributed by atoms with E-state index in [0.29, 0.717) is 29.9 Å². The highest BCUT2D eigenvalue weighted by molar-refractivity contribution is 5.78. The largest absolute Gasteiger partial charge is 0.493 e. The van der Waals surface area contributed by atoms with Crippen molar-refractivity contribution in [2.45, 2.75) is 33.7 Å². The Morgan fingerprint density at radius 2 is 1.82 bits per heavy atom. The molecule has 0 atom stereocenters. The minimum Gasteiger partial charge on any atom is -0.493 e. The first-order valence-corrected chi connectivity index (χ1v) is 9.44. The third-order valence-corrected chi connectivity index (χ3v) is 4.71. The van der Waals surface area contributed by atoms with Crippen molar-refractivity contribution in [3.05, 3.63) is 69.8 Å². The van der Waals surface area contributed by atoms with Crippen molar-refractivity contribution in [3.8, 4) is 5.75 Å². The van der Waals surface area contributed by atoms with E-state index in [1.54, 1.807) is 23.1 Å². The molecule has 6 nitrogen and oxygen atoms in total. The summed E-state index contributed by atoms with van der Waals surface area (Å²) in [6.07, 6.45) is 0.263. The molecule has 0 unspecified atom stereocenters. The summed E-state index contributed by atoms with van der Waals surface area (Å²) in [6, 6.07) is 13.1. The Bertz CT molecular complexity index is 1020. The van der Waals surface area contributed by atoms with Crippen molar-refractivity contribution in [3.63, 3.8) is 0 Å². The van der Waals surface area contributed by atoms with Gasteiger partial charge in [-0.25, -0.2) is 4.98 Å². The van der Waals surface area contributed by atoms with Crippen molar-refractivity contribution in [2.24, 2.45) is 0 Å². The molecule has 0 fully saturated rings. The van der Waals surface area contributed by atoms with E-state index in [4.69, 9.17) is 4.74 Å². The minimum atomic E-state index is -0.192. The molecule has 1 N–H and O–H groups in total. The number of hydrogen-bond donors (Lipinski definition) is 1. The van der Waals surface area contributed by atoms with Crippen LogP contribution in [0.1, 0.15) is 30.3 Å². The van der Waals surface area contributed by atoms with Crippen LogP contribution in [-0.4, -0.2) is 33.9 Å². The highest BCUT2D eigenvalue weighted by Gasteiger charge is 2.15. The third kappa shape index (κ3) is 4.39. The maximum absolute atomic E-state index is 12.6. The lowest BCUT2D eigenvalue weighted by Gasteiger charge is -2.21. The first-order valence-electron chi connectivity index (χ1n) is 9.44. The zero-order chi connectivity index (χ0) is 20.1. The van der Waals surface area contributed by atoms with Crippen LogP contribution in [0.5, 0.6) is 5.75 Å². The second-order valence-corrected chi connectivity index (χ2v) is 6.76. The van der Waals surface area contributed by atoms with E-state index in [0.717, 1.165) is 16.9 Å². The SMILES string of the molecule is CCN(Cc1nc2ccccc2c(=O)[nH]1)C(=O)CCOc1c(C)cccc1C. The lowest BCUT2D eigenvalue weighted by molar-refractivity contribution is -0.132. The van der Waals surface area contributed by atoms with Crippen LogP contribution in [-0.2, 0) is 11.3 Å². The van der Waals surface area contributed by atoms with Crippen LogP contribution >= 0.6 is 0 Å². The molecule has 0 saturated heterocycles. The molecule has 1 aromatic heterocycles. The average Bonchev–Trinajstić information content (AvgIpc) is 2.68. The topological polar surface area (TPSA) is 75.3 Å². The Kier molecular flexibility index (Phi) is 6.09. The maximum atomic E-state index is 12.6. The molecule has 3 rings (SSSR count). The fourth-order valence-corrected chi connectivity index (χ4v) is 3.19. The van der Waals surface area contributed by atoms with Crippen molar-refractivity contribution in [1.29, 1.82) is 0 Å². The molecule has 0 aliphatic rings. The van der Waals surface area contributed by atoms with Crippen LogP contribution in [0.25, 0.3) is 10.9 Å². The maximum Gasteiger partial charge on any atom is 0.258 e. The molecular formula is C22H25N3O3. The van der Waals surface area contributed by atoms with Crippen LogP contribution < -0.4 is 10.3 Å². The summed E-state index contributed by atoms with van der Waals surface area (Å²) in [6.45, 7) is 6.98. The summed E-state index contributed by atoms with van der Waals surface area (Å²) >= 11 is 0. The fraction of sp³-hybridized carbons (Fsp3) is 0.318. The Balaban J connectivity index is 1.65. The number of para-hydroxylation sites is 2. The smallest absolute Gasteiger partial charge is 0.258 e. The van der Waals surface area contributed by atoms with E-state index in [1.165, 1.54) is 0 Å². The second kappa shape index (κ2) is 8.69. The molecule has 1 amide bonds. The minimum absolute atomic E-state index is 0.0375. The molecule has 0 radical (unpaired) electrons. The van der Waals surface area contributed by atoms with Gasteiger partial charge in [-0.15, -0.1) is 0 Å². The number of aryl methyl sites for hydroxylation is 2. The van der Waals surface area contributed by atoms with Gasteiger partial charge in [0.25, 0.3) is 5.56 Å². The number of nitrogens with one attached hydrogen (secondary N) is 1. The number of aromatic nitrogens is 2. The zero-order valence-electron chi connectivity index (χ0n) is 16.5. The molecule has 1 heterocycles. The molecule has 0 aliphatic heterocycles. The number of rotatable bonds is 7. The number of nitrogens with zero attached hydrogens (tertiary/aromatic N) is 2. The molecule has 0 spiro atoms. The van der Waals surface area contributed by atoms with Gasteiger partial charge < -0.3 is 14.6 Å². The molecule has 2 aromatic carbocycles. The highest BCUT2D eigenvalue weighted by atomic mass is 16.5. The molecule has 0 saturated carbocycles. The quantitative estimate of drug-likeness (QED) is 0.683. The standard InChI is InChI=1S/C22H25N3O3/c1-4-25(14-19-23-18-11-6-5-10-17(18)22(27)24-19)20(26)12-13-28-21-15(2)8-7-9-16(21)3/h5-11H,4,12-14H2,1-3H3,(H,23,24,27). The average molecular weight is 379 g/mol. The Labute approximate surface area is 164 Å². The molecule has 0 aliphatic carbocycles. The van der Waals surface area contributed by atoms with E-state index in [1.807, 2.05) is 45.0 Å². The van der Waals surface area contributed by atoms with Crippen LogP contribution in [0.2, 0.25) is 0 Å². The molecule has 0 bridgehead atoms. The van der Waals surface area contributed by atoms with Gasteiger partial charge >= 0.3 is 0 Å². The number of benzene rings is 2. The lowest BCUT2D eigenvalue weighted by atomic mass is 10.1. The zero-order valence-corrected chi connectivity index (χ0v) is 16.5. The van der Waals surface area contributed by atoms with Crippen LogP contribution in [0.4, 0.5) is 0 Å². The second-order valence-electron chi connectivity index (χ2n) is 6.76. The molecule has 146 valence electrons. The van der Waals surface area contributed by atoms with Crippen molar-refractivity contribution in [2.75, 3.05) is 13.2 Å². The van der Waals surface area contributed by atoms with E-state index >= 15 is 0 Å². The van der Waals surface area contributed by atoms with Crippen LogP contribution in [0.3, 0.4) is 0 Å². The number of amides is 1. The third-order valence-electron chi connectivity index (χ3n) is 4.71. The monoisotopic (exact) mass is 379 g/mol. The number of fused-ring (bicyclic) bond motifs is 1. The van der Waals surface area contributed by atoms with Crippen molar-refractivity contribution < 1.29 is 9.53 Å². The van der Waals surface area contributed by atoms with Gasteiger partial charge in [0.15, 0.2) is 0 Å². The summed E-state index contributed by atoms with van der Waals surface area (Å²) in [7, 11) is 0. The van der Waals surface area contributed by atoms with Crippen LogP contribution in [0, 0.1) is 13.8 Å². The number of carbonyl (C=O) groups excluding carboxylic acids is 1. The summed E-state index contributed by atoms with van der Waals surface area (Å²) in [5.74, 6) is 1.28. The molecule has 3 aromatic rings. The first kappa shape index (κ1) is 19.6. The van der Waals surface area contributed by atoms with E-state index in [9.17, 15) is 9.59 Å². The normalized spacial score (nSPS) is 10.8. The van der Waals surface area contributed by atoms with Gasteiger partial charge in [0.1, 0.15) is 11.6 Å². The summed E-state index contributed by atoms with van der Waals surface area (Å²) in [5, 5.41) is 0.544. The van der Waals surface area contributed by atoms with Gasteiger partial charge in [-0.1, -0.05) is 30.3 Å². The number of ether oxygens (including phenoxy) is 1. The van der Waals surface area contributed by atoms with Crippen LogP contribution in [0.15, 0.2) is 47.3 Å². The van der Waals surface area contributed by atoms with Gasteiger partial charge in [-0.05, 0) is 44.0 Å². The van der Waals surface area contributed by atoms with Crippen molar-refractivity contribution >= 4 is 16.8 Å². The molecule has 28 heavy (non-hydrogen) atoms. The Hall–Kier alpha value is -3.15. The number of carbonyl (C=O) groups is 1. The van der Waals surface area contributed by atoms with Gasteiger partial charge in [-0.2, -0.15) is 0 Å². The number of H-pyrrole nitrogens is 1. The highest BCUT2D eigenvalue weighted by Crippen LogP contribution is 2.22. The number of hydrogen-bond acceptors (Lipinski definition) is 4. The molecular weight excluding hydrogens is 354 g/mol. The summed E-state index contributed by atoms with van der Waals surface area (Å²) in [4.78, 5) is 33.7. The van der Waals surface area contributed by atoms with Gasteiger partial charge in [0, 0.05) is 6.54 Å². The summed E-state index contributed by atoms with van der Waals surface area (Å²) in [5.41, 5.74) is 2.54. The Morgan fingerprint density at radius 3 is 2.54 bits per heavy atom. The summed E-state index contributed by atoms with van der Waals surface area (Å²) < 4.78 is 5.84. The van der Waals surface area contributed by atoms with E-state index in [2.05, 4.69) is 9.97 Å².